The molecule has 0 aliphatic carbocycles. The molecular weight excluding hydrogens is 188 g/mol. The summed E-state index contributed by atoms with van der Waals surface area (Å²) >= 11 is 0. The third-order valence-corrected chi connectivity index (χ3v) is 2.20. The zero-order valence-electron chi connectivity index (χ0n) is 9.24. The Morgan fingerprint density at radius 2 is 1.93 bits per heavy atom. The molecule has 15 heavy (non-hydrogen) atoms. The first-order valence-corrected chi connectivity index (χ1v) is 5.40. The summed E-state index contributed by atoms with van der Waals surface area (Å²) < 4.78 is 5.44. The van der Waals surface area contributed by atoms with Crippen LogP contribution >= 0.6 is 0 Å². The number of hydrogen-bond acceptors (Lipinski definition) is 2. The lowest BCUT2D eigenvalue weighted by molar-refractivity contribution is -0.117. The van der Waals surface area contributed by atoms with E-state index in [1.165, 1.54) is 5.56 Å². The average molecular weight is 206 g/mol. The van der Waals surface area contributed by atoms with Crippen LogP contribution in [-0.2, 0) is 16.0 Å². The Morgan fingerprint density at radius 3 is 2.60 bits per heavy atom. The highest BCUT2D eigenvalue weighted by Crippen LogP contribution is 2.00. The van der Waals surface area contributed by atoms with Crippen molar-refractivity contribution in [1.82, 2.24) is 0 Å². The van der Waals surface area contributed by atoms with Crippen LogP contribution in [0.2, 0.25) is 0 Å². The summed E-state index contributed by atoms with van der Waals surface area (Å²) in [4.78, 5) is 10.6. The van der Waals surface area contributed by atoms with Crippen LogP contribution in [0, 0.1) is 0 Å². The van der Waals surface area contributed by atoms with E-state index in [-0.39, 0.29) is 5.78 Å². The molecular formula is C13H18O2. The van der Waals surface area contributed by atoms with Gasteiger partial charge in [0.05, 0.1) is 6.61 Å². The van der Waals surface area contributed by atoms with E-state index in [9.17, 15) is 4.79 Å². The normalized spacial score (nSPS) is 10.2. The molecule has 82 valence electrons. The monoisotopic (exact) mass is 206 g/mol. The van der Waals surface area contributed by atoms with Gasteiger partial charge in [-0.3, -0.25) is 0 Å². The maximum Gasteiger partial charge on any atom is 0.129 e. The molecule has 0 aliphatic rings. The minimum absolute atomic E-state index is 0.238. The largest absolute Gasteiger partial charge is 0.381 e. The molecule has 0 amide bonds. The molecule has 0 spiro atoms. The fourth-order valence-electron chi connectivity index (χ4n) is 1.36. The second-order valence-corrected chi connectivity index (χ2v) is 3.65. The fraction of sp³-hybridized carbons (Fsp3) is 0.462. The van der Waals surface area contributed by atoms with E-state index >= 15 is 0 Å². The second kappa shape index (κ2) is 7.18. The van der Waals surface area contributed by atoms with Crippen LogP contribution in [0.15, 0.2) is 30.3 Å². The topological polar surface area (TPSA) is 26.3 Å². The maximum atomic E-state index is 10.6. The molecule has 2 nitrogen and oxygen atoms in total. The van der Waals surface area contributed by atoms with Crippen LogP contribution in [0.3, 0.4) is 0 Å². The molecule has 0 N–H and O–H groups in total. The average Bonchev–Trinajstić information content (AvgIpc) is 2.24. The number of carbonyl (C=O) groups is 1. The van der Waals surface area contributed by atoms with Gasteiger partial charge in [0, 0.05) is 13.0 Å². The Hall–Kier alpha value is -1.15. The Kier molecular flexibility index (Phi) is 5.71. The van der Waals surface area contributed by atoms with Crippen molar-refractivity contribution >= 4 is 5.78 Å². The van der Waals surface area contributed by atoms with Crippen molar-refractivity contribution in [2.75, 3.05) is 13.2 Å². The summed E-state index contributed by atoms with van der Waals surface area (Å²) in [6.45, 7) is 3.04. The van der Waals surface area contributed by atoms with Crippen molar-refractivity contribution in [2.45, 2.75) is 26.2 Å². The van der Waals surface area contributed by atoms with E-state index in [0.29, 0.717) is 13.0 Å². The molecule has 1 rings (SSSR count). The lowest BCUT2D eigenvalue weighted by atomic mass is 10.2. The second-order valence-electron chi connectivity index (χ2n) is 3.65. The zero-order chi connectivity index (χ0) is 10.9. The van der Waals surface area contributed by atoms with E-state index in [1.54, 1.807) is 6.92 Å². The van der Waals surface area contributed by atoms with Gasteiger partial charge in [0.15, 0.2) is 0 Å². The van der Waals surface area contributed by atoms with Crippen LogP contribution in [0.1, 0.15) is 25.3 Å². The van der Waals surface area contributed by atoms with Crippen molar-refractivity contribution in [3.05, 3.63) is 35.9 Å². The first-order valence-electron chi connectivity index (χ1n) is 5.40. The van der Waals surface area contributed by atoms with E-state index in [0.717, 1.165) is 19.4 Å². The summed E-state index contributed by atoms with van der Waals surface area (Å²) in [7, 11) is 0. The van der Waals surface area contributed by atoms with Crippen LogP contribution in [-0.4, -0.2) is 19.0 Å². The lowest BCUT2D eigenvalue weighted by Gasteiger charge is -2.03. The van der Waals surface area contributed by atoms with Gasteiger partial charge in [-0.05, 0) is 25.3 Å². The van der Waals surface area contributed by atoms with Crippen LogP contribution in [0.4, 0.5) is 0 Å². The van der Waals surface area contributed by atoms with Crippen molar-refractivity contribution in [3.8, 4) is 0 Å². The number of ether oxygens (including phenoxy) is 1. The van der Waals surface area contributed by atoms with Gasteiger partial charge < -0.3 is 9.53 Å². The highest BCUT2D eigenvalue weighted by Gasteiger charge is 1.94. The molecule has 0 aliphatic heterocycles. The highest BCUT2D eigenvalue weighted by atomic mass is 16.5. The molecule has 2 heteroatoms. The quantitative estimate of drug-likeness (QED) is 0.641. The summed E-state index contributed by atoms with van der Waals surface area (Å²) in [5.74, 6) is 0.238. The third-order valence-electron chi connectivity index (χ3n) is 2.20. The smallest absolute Gasteiger partial charge is 0.129 e. The number of Topliss-reactive ketones (excluding diaryl/α,β-unsaturated/α-hetero) is 1. The number of carbonyl (C=O) groups excluding carboxylic acids is 1. The first kappa shape index (κ1) is 11.9. The van der Waals surface area contributed by atoms with Gasteiger partial charge in [-0.15, -0.1) is 0 Å². The predicted molar refractivity (Wildman–Crippen MR) is 60.9 cm³/mol. The van der Waals surface area contributed by atoms with E-state index in [1.807, 2.05) is 18.2 Å². The van der Waals surface area contributed by atoms with Gasteiger partial charge in [-0.25, -0.2) is 0 Å². The van der Waals surface area contributed by atoms with Crippen LogP contribution < -0.4 is 0 Å². The van der Waals surface area contributed by atoms with Crippen molar-refractivity contribution < 1.29 is 9.53 Å². The third kappa shape index (κ3) is 6.02. The van der Waals surface area contributed by atoms with E-state index < -0.39 is 0 Å². The van der Waals surface area contributed by atoms with Crippen LogP contribution in [0.25, 0.3) is 0 Å². The zero-order valence-corrected chi connectivity index (χ0v) is 9.24. The number of ketones is 1. The molecule has 0 bridgehead atoms. The summed E-state index contributed by atoms with van der Waals surface area (Å²) in [5.41, 5.74) is 1.30. The SMILES string of the molecule is CC(=O)CCCOCCc1ccccc1. The molecule has 0 saturated carbocycles. The molecule has 0 fully saturated rings. The summed E-state index contributed by atoms with van der Waals surface area (Å²) in [5, 5.41) is 0. The summed E-state index contributed by atoms with van der Waals surface area (Å²) in [6, 6.07) is 10.3. The van der Waals surface area contributed by atoms with Crippen LogP contribution in [0.5, 0.6) is 0 Å². The molecule has 0 unspecified atom stereocenters. The van der Waals surface area contributed by atoms with Gasteiger partial charge >= 0.3 is 0 Å². The van der Waals surface area contributed by atoms with E-state index in [4.69, 9.17) is 4.74 Å². The van der Waals surface area contributed by atoms with Gasteiger partial charge in [0.25, 0.3) is 0 Å². The molecule has 1 aromatic carbocycles. The Labute approximate surface area is 91.3 Å². The standard InChI is InChI=1S/C13H18O2/c1-12(14)6-5-10-15-11-9-13-7-3-2-4-8-13/h2-4,7-8H,5-6,9-11H2,1H3. The fourth-order valence-corrected chi connectivity index (χ4v) is 1.36. The highest BCUT2D eigenvalue weighted by molar-refractivity contribution is 5.75. The molecule has 0 radical (unpaired) electrons. The molecule has 0 saturated heterocycles. The molecule has 1 aromatic rings. The van der Waals surface area contributed by atoms with E-state index in [2.05, 4.69) is 12.1 Å². The Bertz CT molecular complexity index is 280. The van der Waals surface area contributed by atoms with Gasteiger partial charge in [0.2, 0.25) is 0 Å². The van der Waals surface area contributed by atoms with Crippen molar-refractivity contribution in [3.63, 3.8) is 0 Å². The minimum atomic E-state index is 0.238. The predicted octanol–water partition coefficient (Wildman–Crippen LogP) is 2.61. The summed E-state index contributed by atoms with van der Waals surface area (Å²) in [6.07, 6.45) is 2.41. The first-order chi connectivity index (χ1) is 7.29. The lowest BCUT2D eigenvalue weighted by Crippen LogP contribution is -2.02. The van der Waals surface area contributed by atoms with Gasteiger partial charge in [0.1, 0.15) is 5.78 Å². The number of hydrogen-bond donors (Lipinski definition) is 0. The molecule has 0 aromatic heterocycles. The number of rotatable bonds is 7. The van der Waals surface area contributed by atoms with Crippen molar-refractivity contribution in [2.24, 2.45) is 0 Å². The van der Waals surface area contributed by atoms with Crippen molar-refractivity contribution in [1.29, 1.82) is 0 Å². The molecule has 0 heterocycles. The number of benzene rings is 1. The van der Waals surface area contributed by atoms with Gasteiger partial charge in [-0.2, -0.15) is 0 Å². The van der Waals surface area contributed by atoms with Gasteiger partial charge in [-0.1, -0.05) is 30.3 Å². The Balaban J connectivity index is 2.00. The maximum absolute atomic E-state index is 10.6. The molecule has 0 atom stereocenters. The minimum Gasteiger partial charge on any atom is -0.381 e. The Morgan fingerprint density at radius 1 is 1.20 bits per heavy atom.